The summed E-state index contributed by atoms with van der Waals surface area (Å²) in [5.41, 5.74) is 6.67. The minimum atomic E-state index is -0.683. The molecule has 1 aromatic rings. The number of nitrogens with two attached hydrogens (primary N) is 1. The molecule has 0 fully saturated rings. The lowest BCUT2D eigenvalue weighted by molar-refractivity contribution is 0.0480. The average molecular weight is 211 g/mol. The van der Waals surface area contributed by atoms with Gasteiger partial charge < -0.3 is 20.7 Å². The SMILES string of the molecule is COCC(O)C(N)Cc1cccc(O)c1. The molecule has 2 unspecified atom stereocenters. The topological polar surface area (TPSA) is 75.7 Å². The first-order valence-electron chi connectivity index (χ1n) is 4.84. The van der Waals surface area contributed by atoms with Crippen LogP contribution >= 0.6 is 0 Å². The molecule has 1 rings (SSSR count). The van der Waals surface area contributed by atoms with Gasteiger partial charge in [-0.05, 0) is 24.1 Å². The normalized spacial score (nSPS) is 14.9. The van der Waals surface area contributed by atoms with Gasteiger partial charge in [0, 0.05) is 13.2 Å². The number of phenols is 1. The molecule has 4 N–H and O–H groups in total. The van der Waals surface area contributed by atoms with Crippen LogP contribution in [0.4, 0.5) is 0 Å². The lowest BCUT2D eigenvalue weighted by Crippen LogP contribution is -2.39. The van der Waals surface area contributed by atoms with Gasteiger partial charge in [0.2, 0.25) is 0 Å². The maximum atomic E-state index is 9.54. The molecule has 1 aromatic carbocycles. The van der Waals surface area contributed by atoms with Gasteiger partial charge in [-0.15, -0.1) is 0 Å². The summed E-state index contributed by atoms with van der Waals surface area (Å²) in [7, 11) is 1.52. The van der Waals surface area contributed by atoms with Crippen LogP contribution in [0.2, 0.25) is 0 Å². The van der Waals surface area contributed by atoms with E-state index in [1.54, 1.807) is 18.2 Å². The zero-order valence-corrected chi connectivity index (χ0v) is 8.76. The number of benzene rings is 1. The third-order valence-electron chi connectivity index (χ3n) is 2.21. The molecule has 4 heteroatoms. The predicted molar refractivity (Wildman–Crippen MR) is 57.7 cm³/mol. The molecular weight excluding hydrogens is 194 g/mol. The minimum absolute atomic E-state index is 0.209. The maximum absolute atomic E-state index is 9.54. The summed E-state index contributed by atoms with van der Waals surface area (Å²) in [6.45, 7) is 0.222. The van der Waals surface area contributed by atoms with Crippen molar-refractivity contribution in [3.05, 3.63) is 29.8 Å². The van der Waals surface area contributed by atoms with Crippen molar-refractivity contribution in [1.29, 1.82) is 0 Å². The number of hydrogen-bond acceptors (Lipinski definition) is 4. The van der Waals surface area contributed by atoms with Crippen molar-refractivity contribution < 1.29 is 14.9 Å². The summed E-state index contributed by atoms with van der Waals surface area (Å²) in [4.78, 5) is 0. The van der Waals surface area contributed by atoms with Crippen LogP contribution in [0.3, 0.4) is 0 Å². The molecule has 0 heterocycles. The lowest BCUT2D eigenvalue weighted by atomic mass is 10.0. The molecule has 0 amide bonds. The van der Waals surface area contributed by atoms with E-state index in [2.05, 4.69) is 0 Å². The molecule has 0 radical (unpaired) electrons. The number of phenolic OH excluding ortho intramolecular Hbond substituents is 1. The van der Waals surface area contributed by atoms with E-state index in [0.717, 1.165) is 5.56 Å². The van der Waals surface area contributed by atoms with E-state index in [9.17, 15) is 10.2 Å². The molecule has 0 saturated heterocycles. The van der Waals surface area contributed by atoms with Crippen molar-refractivity contribution in [1.82, 2.24) is 0 Å². The number of ether oxygens (including phenoxy) is 1. The smallest absolute Gasteiger partial charge is 0.115 e. The first-order chi connectivity index (χ1) is 7.13. The Balaban J connectivity index is 2.54. The highest BCUT2D eigenvalue weighted by Gasteiger charge is 2.14. The summed E-state index contributed by atoms with van der Waals surface area (Å²) < 4.78 is 4.81. The summed E-state index contributed by atoms with van der Waals surface area (Å²) in [6, 6.07) is 6.46. The zero-order valence-electron chi connectivity index (χ0n) is 8.76. The largest absolute Gasteiger partial charge is 0.508 e. The van der Waals surface area contributed by atoms with Crippen LogP contribution in [0.5, 0.6) is 5.75 Å². The van der Waals surface area contributed by atoms with Gasteiger partial charge in [0.1, 0.15) is 5.75 Å². The molecule has 15 heavy (non-hydrogen) atoms. The molecule has 0 saturated carbocycles. The molecular formula is C11H17NO3. The van der Waals surface area contributed by atoms with Gasteiger partial charge >= 0.3 is 0 Å². The van der Waals surface area contributed by atoms with E-state index in [4.69, 9.17) is 10.5 Å². The number of hydrogen-bond donors (Lipinski definition) is 3. The van der Waals surface area contributed by atoms with Gasteiger partial charge in [0.05, 0.1) is 12.7 Å². The van der Waals surface area contributed by atoms with Gasteiger partial charge in [0.25, 0.3) is 0 Å². The second-order valence-corrected chi connectivity index (χ2v) is 3.56. The van der Waals surface area contributed by atoms with E-state index < -0.39 is 6.10 Å². The van der Waals surface area contributed by atoms with E-state index in [1.807, 2.05) is 6.07 Å². The Hall–Kier alpha value is -1.10. The highest BCUT2D eigenvalue weighted by Crippen LogP contribution is 2.12. The molecule has 2 atom stereocenters. The Morgan fingerprint density at radius 2 is 2.20 bits per heavy atom. The Morgan fingerprint density at radius 3 is 2.80 bits per heavy atom. The number of rotatable bonds is 5. The van der Waals surface area contributed by atoms with Crippen LogP contribution < -0.4 is 5.73 Å². The Bertz CT molecular complexity index is 304. The highest BCUT2D eigenvalue weighted by atomic mass is 16.5. The molecule has 0 aliphatic rings. The second kappa shape index (κ2) is 5.70. The van der Waals surface area contributed by atoms with Crippen LogP contribution in [-0.4, -0.2) is 36.1 Å². The van der Waals surface area contributed by atoms with E-state index in [-0.39, 0.29) is 18.4 Å². The summed E-state index contributed by atoms with van der Waals surface area (Å²) in [5, 5.41) is 18.8. The van der Waals surface area contributed by atoms with Crippen LogP contribution in [0.25, 0.3) is 0 Å². The number of aliphatic hydroxyl groups is 1. The van der Waals surface area contributed by atoms with Gasteiger partial charge in [-0.2, -0.15) is 0 Å². The molecule has 0 aliphatic carbocycles. The molecule has 0 aliphatic heterocycles. The van der Waals surface area contributed by atoms with Gasteiger partial charge in [-0.1, -0.05) is 12.1 Å². The maximum Gasteiger partial charge on any atom is 0.115 e. The molecule has 0 aromatic heterocycles. The summed E-state index contributed by atoms with van der Waals surface area (Å²) in [6.07, 6.45) is -0.170. The Morgan fingerprint density at radius 1 is 1.47 bits per heavy atom. The van der Waals surface area contributed by atoms with Crippen LogP contribution in [0.15, 0.2) is 24.3 Å². The Labute approximate surface area is 89.3 Å². The molecule has 84 valence electrons. The lowest BCUT2D eigenvalue weighted by Gasteiger charge is -2.17. The van der Waals surface area contributed by atoms with E-state index >= 15 is 0 Å². The monoisotopic (exact) mass is 211 g/mol. The van der Waals surface area contributed by atoms with E-state index in [0.29, 0.717) is 6.42 Å². The minimum Gasteiger partial charge on any atom is -0.508 e. The van der Waals surface area contributed by atoms with Crippen molar-refractivity contribution in [3.8, 4) is 5.75 Å². The first kappa shape index (κ1) is 12.0. The fourth-order valence-electron chi connectivity index (χ4n) is 1.39. The first-order valence-corrected chi connectivity index (χ1v) is 4.84. The summed E-state index contributed by atoms with van der Waals surface area (Å²) >= 11 is 0. The fraction of sp³-hybridized carbons (Fsp3) is 0.455. The third kappa shape index (κ3) is 3.87. The van der Waals surface area contributed by atoms with Crippen molar-refractivity contribution >= 4 is 0 Å². The van der Waals surface area contributed by atoms with Crippen molar-refractivity contribution in [2.45, 2.75) is 18.6 Å². The van der Waals surface area contributed by atoms with E-state index in [1.165, 1.54) is 7.11 Å². The van der Waals surface area contributed by atoms with Crippen LogP contribution in [0, 0.1) is 0 Å². The van der Waals surface area contributed by atoms with Crippen LogP contribution in [-0.2, 0) is 11.2 Å². The van der Waals surface area contributed by atoms with Crippen molar-refractivity contribution in [2.75, 3.05) is 13.7 Å². The van der Waals surface area contributed by atoms with Crippen LogP contribution in [0.1, 0.15) is 5.56 Å². The zero-order chi connectivity index (χ0) is 11.3. The molecule has 0 bridgehead atoms. The quantitative estimate of drug-likeness (QED) is 0.653. The number of aliphatic hydroxyl groups excluding tert-OH is 1. The Kier molecular flexibility index (Phi) is 4.55. The molecule has 4 nitrogen and oxygen atoms in total. The summed E-state index contributed by atoms with van der Waals surface area (Å²) in [5.74, 6) is 0.209. The third-order valence-corrected chi connectivity index (χ3v) is 2.21. The fourth-order valence-corrected chi connectivity index (χ4v) is 1.39. The molecule has 0 spiro atoms. The standard InChI is InChI=1S/C11H17NO3/c1-15-7-11(14)10(12)6-8-3-2-4-9(13)5-8/h2-5,10-11,13-14H,6-7,12H2,1H3. The van der Waals surface area contributed by atoms with Crippen molar-refractivity contribution in [2.24, 2.45) is 5.73 Å². The van der Waals surface area contributed by atoms with Gasteiger partial charge in [0.15, 0.2) is 0 Å². The average Bonchev–Trinajstić information content (AvgIpc) is 2.18. The second-order valence-electron chi connectivity index (χ2n) is 3.56. The highest BCUT2D eigenvalue weighted by molar-refractivity contribution is 5.27. The predicted octanol–water partition coefficient (Wildman–Crippen LogP) is 0.269. The van der Waals surface area contributed by atoms with Gasteiger partial charge in [-0.25, -0.2) is 0 Å². The van der Waals surface area contributed by atoms with Gasteiger partial charge in [-0.3, -0.25) is 0 Å². The van der Waals surface area contributed by atoms with Crippen molar-refractivity contribution in [3.63, 3.8) is 0 Å². The number of aromatic hydroxyl groups is 1. The number of methoxy groups -OCH3 is 1.